The van der Waals surface area contributed by atoms with Gasteiger partial charge in [-0.15, -0.1) is 12.4 Å². The van der Waals surface area contributed by atoms with Crippen LogP contribution in [0.1, 0.15) is 19.8 Å². The number of carbonyl (C=O) groups is 1. The van der Waals surface area contributed by atoms with Crippen LogP contribution in [-0.4, -0.2) is 25.2 Å². The molecule has 26 heavy (non-hydrogen) atoms. The quantitative estimate of drug-likeness (QED) is 0.771. The molecule has 0 aromatic heterocycles. The molecule has 0 bridgehead atoms. The van der Waals surface area contributed by atoms with Gasteiger partial charge in [-0.3, -0.25) is 4.79 Å². The Bertz CT molecular complexity index is 741. The Morgan fingerprint density at radius 2 is 1.85 bits per heavy atom. The van der Waals surface area contributed by atoms with Crippen molar-refractivity contribution in [3.05, 3.63) is 42.5 Å². The van der Waals surface area contributed by atoms with Gasteiger partial charge in [0.15, 0.2) is 11.5 Å². The lowest BCUT2D eigenvalue weighted by atomic mass is 10.2. The van der Waals surface area contributed by atoms with Gasteiger partial charge in [0, 0.05) is 34.4 Å². The second-order valence-corrected chi connectivity index (χ2v) is 7.09. The summed E-state index contributed by atoms with van der Waals surface area (Å²) in [5, 5.41) is 2.99. The summed E-state index contributed by atoms with van der Waals surface area (Å²) >= 11 is 1.58. The molecule has 0 aliphatic carbocycles. The SMILES string of the molecule is CC(N)CCC(=O)Nc1cc2c(cc1Sc1ccccc1)OCCO2.Cl. The van der Waals surface area contributed by atoms with Crippen molar-refractivity contribution < 1.29 is 14.3 Å². The van der Waals surface area contributed by atoms with Crippen molar-refractivity contribution in [3.63, 3.8) is 0 Å². The Hall–Kier alpha value is -1.89. The third-order valence-corrected chi connectivity index (χ3v) is 4.78. The van der Waals surface area contributed by atoms with Crippen molar-refractivity contribution >= 4 is 35.8 Å². The fourth-order valence-electron chi connectivity index (χ4n) is 2.44. The molecule has 1 atom stereocenters. The normalized spacial score (nSPS) is 13.5. The molecule has 7 heteroatoms. The number of hydrogen-bond donors (Lipinski definition) is 2. The molecular weight excluding hydrogens is 372 g/mol. The van der Waals surface area contributed by atoms with Gasteiger partial charge >= 0.3 is 0 Å². The molecule has 1 amide bonds. The van der Waals surface area contributed by atoms with E-state index in [0.717, 1.165) is 15.5 Å². The highest BCUT2D eigenvalue weighted by atomic mass is 35.5. The van der Waals surface area contributed by atoms with Crippen LogP contribution in [0.15, 0.2) is 52.3 Å². The van der Waals surface area contributed by atoms with E-state index in [1.165, 1.54) is 0 Å². The summed E-state index contributed by atoms with van der Waals surface area (Å²) in [6.07, 6.45) is 1.04. The van der Waals surface area contributed by atoms with Gasteiger partial charge in [-0.2, -0.15) is 0 Å². The molecule has 0 saturated heterocycles. The summed E-state index contributed by atoms with van der Waals surface area (Å²) in [6.45, 7) is 2.94. The van der Waals surface area contributed by atoms with Crippen LogP contribution in [0.25, 0.3) is 0 Å². The van der Waals surface area contributed by atoms with Crippen molar-refractivity contribution in [2.45, 2.75) is 35.6 Å². The molecule has 2 aromatic rings. The van der Waals surface area contributed by atoms with E-state index in [0.29, 0.717) is 37.6 Å². The zero-order chi connectivity index (χ0) is 17.6. The number of carbonyl (C=O) groups excluding carboxylic acids is 1. The van der Waals surface area contributed by atoms with Crippen LogP contribution in [0.2, 0.25) is 0 Å². The summed E-state index contributed by atoms with van der Waals surface area (Å²) in [7, 11) is 0. The molecule has 5 nitrogen and oxygen atoms in total. The molecule has 1 unspecified atom stereocenters. The molecule has 2 aromatic carbocycles. The maximum absolute atomic E-state index is 12.2. The smallest absolute Gasteiger partial charge is 0.224 e. The highest BCUT2D eigenvalue weighted by Crippen LogP contribution is 2.42. The van der Waals surface area contributed by atoms with E-state index in [2.05, 4.69) is 5.32 Å². The van der Waals surface area contributed by atoms with Gasteiger partial charge in [0.25, 0.3) is 0 Å². The summed E-state index contributed by atoms with van der Waals surface area (Å²) in [5.74, 6) is 1.31. The van der Waals surface area contributed by atoms with E-state index in [-0.39, 0.29) is 24.4 Å². The van der Waals surface area contributed by atoms with Crippen molar-refractivity contribution in [1.82, 2.24) is 0 Å². The largest absolute Gasteiger partial charge is 0.486 e. The molecule has 140 valence electrons. The predicted molar refractivity (Wildman–Crippen MR) is 107 cm³/mol. The lowest BCUT2D eigenvalue weighted by Gasteiger charge is -2.21. The average Bonchev–Trinajstić information content (AvgIpc) is 2.61. The van der Waals surface area contributed by atoms with E-state index in [4.69, 9.17) is 15.2 Å². The van der Waals surface area contributed by atoms with Crippen molar-refractivity contribution in [1.29, 1.82) is 0 Å². The maximum atomic E-state index is 12.2. The van der Waals surface area contributed by atoms with Crippen LogP contribution in [0.5, 0.6) is 11.5 Å². The first-order chi connectivity index (χ1) is 12.1. The Morgan fingerprint density at radius 3 is 2.50 bits per heavy atom. The highest BCUT2D eigenvalue weighted by Gasteiger charge is 2.18. The first-order valence-corrected chi connectivity index (χ1v) is 9.15. The molecule has 1 aliphatic rings. The van der Waals surface area contributed by atoms with Gasteiger partial charge in [0.05, 0.1) is 5.69 Å². The zero-order valence-electron chi connectivity index (χ0n) is 14.6. The van der Waals surface area contributed by atoms with Crippen LogP contribution >= 0.6 is 24.2 Å². The van der Waals surface area contributed by atoms with Gasteiger partial charge in [-0.05, 0) is 25.5 Å². The van der Waals surface area contributed by atoms with E-state index >= 15 is 0 Å². The number of nitrogens with two attached hydrogens (primary N) is 1. The summed E-state index contributed by atoms with van der Waals surface area (Å²) in [6, 6.07) is 13.8. The Balaban J connectivity index is 0.00000243. The third kappa shape index (κ3) is 5.56. The maximum Gasteiger partial charge on any atom is 0.224 e. The van der Waals surface area contributed by atoms with Crippen LogP contribution in [0.3, 0.4) is 0 Å². The lowest BCUT2D eigenvalue weighted by Crippen LogP contribution is -2.20. The van der Waals surface area contributed by atoms with Crippen molar-refractivity contribution in [2.24, 2.45) is 5.73 Å². The van der Waals surface area contributed by atoms with Gasteiger partial charge in [0.2, 0.25) is 5.91 Å². The monoisotopic (exact) mass is 394 g/mol. The molecule has 0 fully saturated rings. The molecule has 0 saturated carbocycles. The first kappa shape index (κ1) is 20.4. The molecule has 3 N–H and O–H groups in total. The minimum Gasteiger partial charge on any atom is -0.486 e. The Labute approximate surface area is 164 Å². The number of fused-ring (bicyclic) bond motifs is 1. The van der Waals surface area contributed by atoms with Crippen LogP contribution in [-0.2, 0) is 4.79 Å². The minimum absolute atomic E-state index is 0. The van der Waals surface area contributed by atoms with Crippen molar-refractivity contribution in [3.8, 4) is 11.5 Å². The van der Waals surface area contributed by atoms with Gasteiger partial charge < -0.3 is 20.5 Å². The number of rotatable bonds is 6. The van der Waals surface area contributed by atoms with E-state index in [1.807, 2.05) is 49.4 Å². The van der Waals surface area contributed by atoms with E-state index in [1.54, 1.807) is 11.8 Å². The van der Waals surface area contributed by atoms with Crippen LogP contribution < -0.4 is 20.5 Å². The second-order valence-electron chi connectivity index (χ2n) is 5.97. The third-order valence-electron chi connectivity index (χ3n) is 3.72. The average molecular weight is 395 g/mol. The van der Waals surface area contributed by atoms with Gasteiger partial charge in [-0.25, -0.2) is 0 Å². The van der Waals surface area contributed by atoms with Crippen LogP contribution in [0, 0.1) is 0 Å². The van der Waals surface area contributed by atoms with Crippen LogP contribution in [0.4, 0.5) is 5.69 Å². The molecule has 0 radical (unpaired) electrons. The number of nitrogens with one attached hydrogen (secondary N) is 1. The summed E-state index contributed by atoms with van der Waals surface area (Å²) < 4.78 is 11.3. The van der Waals surface area contributed by atoms with Gasteiger partial charge in [-0.1, -0.05) is 30.0 Å². The Kier molecular flexibility index (Phi) is 7.63. The number of benzene rings is 2. The minimum atomic E-state index is -0.0520. The number of hydrogen-bond acceptors (Lipinski definition) is 5. The van der Waals surface area contributed by atoms with E-state index < -0.39 is 0 Å². The molecule has 3 rings (SSSR count). The molecule has 1 heterocycles. The first-order valence-electron chi connectivity index (χ1n) is 8.34. The Morgan fingerprint density at radius 1 is 1.19 bits per heavy atom. The summed E-state index contributed by atoms with van der Waals surface area (Å²) in [5.41, 5.74) is 6.47. The molecule has 0 spiro atoms. The van der Waals surface area contributed by atoms with Gasteiger partial charge in [0.1, 0.15) is 13.2 Å². The number of anilines is 1. The standard InChI is InChI=1S/C19H22N2O3S.ClH/c1-13(20)7-8-19(22)21-15-11-16-17(24-10-9-23-16)12-18(15)25-14-5-3-2-4-6-14;/h2-6,11-13H,7-10,20H2,1H3,(H,21,22);1H. The second kappa shape index (κ2) is 9.71. The zero-order valence-corrected chi connectivity index (χ0v) is 16.2. The number of halogens is 1. The summed E-state index contributed by atoms with van der Waals surface area (Å²) in [4.78, 5) is 14.3. The van der Waals surface area contributed by atoms with E-state index in [9.17, 15) is 4.79 Å². The lowest BCUT2D eigenvalue weighted by molar-refractivity contribution is -0.116. The topological polar surface area (TPSA) is 73.6 Å². The fourth-order valence-corrected chi connectivity index (χ4v) is 3.37. The predicted octanol–water partition coefficient (Wildman–Crippen LogP) is 4.10. The number of amides is 1. The fraction of sp³-hybridized carbons (Fsp3) is 0.316. The van der Waals surface area contributed by atoms with Crippen molar-refractivity contribution in [2.75, 3.05) is 18.5 Å². The number of ether oxygens (including phenoxy) is 2. The highest BCUT2D eigenvalue weighted by molar-refractivity contribution is 7.99. The molecule has 1 aliphatic heterocycles. The molecular formula is C19H23ClN2O3S.